The van der Waals surface area contributed by atoms with Crippen LogP contribution in [0.2, 0.25) is 0 Å². The smallest absolute Gasteiger partial charge is 0.274 e. The van der Waals surface area contributed by atoms with Crippen molar-refractivity contribution in [2.24, 2.45) is 0 Å². The van der Waals surface area contributed by atoms with Gasteiger partial charge in [0, 0.05) is 5.69 Å². The van der Waals surface area contributed by atoms with Gasteiger partial charge in [0.2, 0.25) is 5.91 Å². The highest BCUT2D eigenvalue weighted by Crippen LogP contribution is 2.33. The number of thiophene rings is 1. The molecular formula is C20H20N2O4S2. The minimum absolute atomic E-state index is 0.154. The van der Waals surface area contributed by atoms with Crippen LogP contribution in [-0.2, 0) is 14.8 Å². The Bertz CT molecular complexity index is 1050. The Labute approximate surface area is 168 Å². The molecule has 1 N–H and O–H groups in total. The van der Waals surface area contributed by atoms with Crippen molar-refractivity contribution in [3.8, 4) is 5.75 Å². The maximum atomic E-state index is 13.2. The van der Waals surface area contributed by atoms with Gasteiger partial charge in [-0.3, -0.25) is 9.10 Å². The Hall–Kier alpha value is -2.84. The van der Waals surface area contributed by atoms with Crippen molar-refractivity contribution in [1.29, 1.82) is 0 Å². The lowest BCUT2D eigenvalue weighted by atomic mass is 10.2. The van der Waals surface area contributed by atoms with E-state index in [0.717, 1.165) is 21.2 Å². The lowest BCUT2D eigenvalue weighted by Gasteiger charge is -2.25. The maximum Gasteiger partial charge on any atom is 0.274 e. The van der Waals surface area contributed by atoms with Crippen molar-refractivity contribution in [3.63, 3.8) is 0 Å². The number of carbonyl (C=O) groups excluding carboxylic acids is 1. The number of nitrogens with one attached hydrogen (secondary N) is 1. The predicted molar refractivity (Wildman–Crippen MR) is 112 cm³/mol. The summed E-state index contributed by atoms with van der Waals surface area (Å²) in [7, 11) is -2.47. The molecule has 1 amide bonds. The monoisotopic (exact) mass is 416 g/mol. The molecule has 28 heavy (non-hydrogen) atoms. The van der Waals surface area contributed by atoms with Gasteiger partial charge in [-0.05, 0) is 42.6 Å². The van der Waals surface area contributed by atoms with Gasteiger partial charge in [0.1, 0.15) is 16.5 Å². The molecule has 6 nitrogen and oxygen atoms in total. The highest BCUT2D eigenvalue weighted by Gasteiger charge is 2.30. The third kappa shape index (κ3) is 4.35. The molecule has 3 rings (SSSR count). The summed E-state index contributed by atoms with van der Waals surface area (Å²) in [6.45, 7) is 1.57. The number of sulfonamides is 1. The average molecular weight is 417 g/mol. The highest BCUT2D eigenvalue weighted by molar-refractivity contribution is 7.94. The number of rotatable bonds is 7. The standard InChI is InChI=1S/C20H20N2O4S2/c1-15-9-11-16(12-10-15)21-19(23)14-22(17-6-3-4-7-18(17)26-2)28(24,25)20-8-5-13-27-20/h3-13H,14H2,1-2H3,(H,21,23). The molecule has 0 saturated heterocycles. The molecule has 0 aliphatic carbocycles. The summed E-state index contributed by atoms with van der Waals surface area (Å²) in [5, 5.41) is 4.42. The van der Waals surface area contributed by atoms with Crippen LogP contribution in [0.4, 0.5) is 11.4 Å². The largest absolute Gasteiger partial charge is 0.495 e. The van der Waals surface area contributed by atoms with Crippen LogP contribution in [0.5, 0.6) is 5.75 Å². The maximum absolute atomic E-state index is 13.2. The molecule has 146 valence electrons. The van der Waals surface area contributed by atoms with E-state index in [9.17, 15) is 13.2 Å². The van der Waals surface area contributed by atoms with Crippen molar-refractivity contribution in [3.05, 3.63) is 71.6 Å². The second kappa shape index (κ2) is 8.45. The lowest BCUT2D eigenvalue weighted by molar-refractivity contribution is -0.114. The zero-order valence-corrected chi connectivity index (χ0v) is 17.1. The molecule has 0 atom stereocenters. The lowest BCUT2D eigenvalue weighted by Crippen LogP contribution is -2.38. The van der Waals surface area contributed by atoms with Crippen LogP contribution in [0, 0.1) is 6.92 Å². The van der Waals surface area contributed by atoms with Gasteiger partial charge in [0.15, 0.2) is 0 Å². The Morgan fingerprint density at radius 3 is 2.43 bits per heavy atom. The quantitative estimate of drug-likeness (QED) is 0.634. The second-order valence-corrected chi connectivity index (χ2v) is 9.07. The van der Waals surface area contributed by atoms with Crippen LogP contribution in [0.3, 0.4) is 0 Å². The van der Waals surface area contributed by atoms with E-state index < -0.39 is 15.9 Å². The Kier molecular flexibility index (Phi) is 6.01. The molecule has 1 heterocycles. The van der Waals surface area contributed by atoms with E-state index in [1.807, 2.05) is 19.1 Å². The summed E-state index contributed by atoms with van der Waals surface area (Å²) in [5.41, 5.74) is 1.97. The highest BCUT2D eigenvalue weighted by atomic mass is 32.2. The van der Waals surface area contributed by atoms with Gasteiger partial charge in [0.05, 0.1) is 12.8 Å². The van der Waals surface area contributed by atoms with Gasteiger partial charge in [-0.15, -0.1) is 11.3 Å². The molecule has 0 bridgehead atoms. The van der Waals surface area contributed by atoms with Crippen LogP contribution in [-0.4, -0.2) is 28.0 Å². The van der Waals surface area contributed by atoms with E-state index in [1.54, 1.807) is 47.8 Å². The average Bonchev–Trinajstić information content (AvgIpc) is 3.23. The van der Waals surface area contributed by atoms with Crippen LogP contribution >= 0.6 is 11.3 Å². The number of para-hydroxylation sites is 2. The Morgan fingerprint density at radius 2 is 1.79 bits per heavy atom. The van der Waals surface area contributed by atoms with Gasteiger partial charge in [-0.1, -0.05) is 35.9 Å². The number of benzene rings is 2. The number of methoxy groups -OCH3 is 1. The zero-order chi connectivity index (χ0) is 20.1. The van der Waals surface area contributed by atoms with Gasteiger partial charge in [-0.25, -0.2) is 8.42 Å². The van der Waals surface area contributed by atoms with E-state index >= 15 is 0 Å². The summed E-state index contributed by atoms with van der Waals surface area (Å²) < 4.78 is 32.9. The molecule has 3 aromatic rings. The molecule has 0 fully saturated rings. The van der Waals surface area contributed by atoms with Gasteiger partial charge >= 0.3 is 0 Å². The van der Waals surface area contributed by atoms with Gasteiger partial charge in [0.25, 0.3) is 10.0 Å². The Morgan fingerprint density at radius 1 is 1.07 bits per heavy atom. The van der Waals surface area contributed by atoms with E-state index in [1.165, 1.54) is 13.2 Å². The van der Waals surface area contributed by atoms with Crippen LogP contribution in [0.15, 0.2) is 70.3 Å². The molecule has 0 spiro atoms. The Balaban J connectivity index is 1.94. The number of carbonyl (C=O) groups is 1. The summed E-state index contributed by atoms with van der Waals surface area (Å²) in [5.74, 6) is -0.0827. The van der Waals surface area contributed by atoms with Crippen molar-refractivity contribution < 1.29 is 17.9 Å². The molecule has 0 aliphatic heterocycles. The van der Waals surface area contributed by atoms with Crippen molar-refractivity contribution in [1.82, 2.24) is 0 Å². The van der Waals surface area contributed by atoms with Crippen molar-refractivity contribution in [2.45, 2.75) is 11.1 Å². The number of nitrogens with zero attached hydrogens (tertiary/aromatic N) is 1. The first-order valence-corrected chi connectivity index (χ1v) is 10.8. The van der Waals surface area contributed by atoms with Crippen molar-refractivity contribution >= 4 is 38.6 Å². The number of aryl methyl sites for hydroxylation is 1. The molecule has 0 unspecified atom stereocenters. The zero-order valence-electron chi connectivity index (χ0n) is 15.5. The minimum Gasteiger partial charge on any atom is -0.495 e. The fourth-order valence-corrected chi connectivity index (χ4v) is 5.16. The molecular weight excluding hydrogens is 396 g/mol. The van der Waals surface area contributed by atoms with Crippen LogP contribution < -0.4 is 14.4 Å². The SMILES string of the molecule is COc1ccccc1N(CC(=O)Nc1ccc(C)cc1)S(=O)(=O)c1cccs1. The number of amides is 1. The normalized spacial score (nSPS) is 11.1. The summed E-state index contributed by atoms with van der Waals surface area (Å²) in [6.07, 6.45) is 0. The first kappa shape index (κ1) is 19.9. The topological polar surface area (TPSA) is 75.7 Å². The number of hydrogen-bond donors (Lipinski definition) is 1. The van der Waals surface area contributed by atoms with E-state index in [4.69, 9.17) is 4.74 Å². The number of ether oxygens (including phenoxy) is 1. The molecule has 0 aliphatic rings. The molecule has 1 aromatic heterocycles. The predicted octanol–water partition coefficient (Wildman–Crippen LogP) is 3.90. The fraction of sp³-hybridized carbons (Fsp3) is 0.150. The van der Waals surface area contributed by atoms with Crippen molar-refractivity contribution in [2.75, 3.05) is 23.3 Å². The van der Waals surface area contributed by atoms with Crippen LogP contribution in [0.25, 0.3) is 0 Å². The molecule has 0 radical (unpaired) electrons. The van der Waals surface area contributed by atoms with E-state index in [-0.39, 0.29) is 10.8 Å². The summed E-state index contributed by atoms with van der Waals surface area (Å²) in [6, 6.07) is 17.2. The third-order valence-corrected chi connectivity index (χ3v) is 7.15. The first-order chi connectivity index (χ1) is 13.4. The fourth-order valence-electron chi connectivity index (χ4n) is 2.62. The number of hydrogen-bond acceptors (Lipinski definition) is 5. The second-order valence-electron chi connectivity index (χ2n) is 6.03. The molecule has 2 aromatic carbocycles. The van der Waals surface area contributed by atoms with Crippen LogP contribution in [0.1, 0.15) is 5.56 Å². The van der Waals surface area contributed by atoms with E-state index in [0.29, 0.717) is 17.1 Å². The van der Waals surface area contributed by atoms with Gasteiger partial charge < -0.3 is 10.1 Å². The van der Waals surface area contributed by atoms with E-state index in [2.05, 4.69) is 5.32 Å². The third-order valence-electron chi connectivity index (χ3n) is 4.02. The van der Waals surface area contributed by atoms with Gasteiger partial charge in [-0.2, -0.15) is 0 Å². The molecule has 8 heteroatoms. The summed E-state index contributed by atoms with van der Waals surface area (Å²) >= 11 is 1.10. The first-order valence-electron chi connectivity index (χ1n) is 8.47. The summed E-state index contributed by atoms with van der Waals surface area (Å²) in [4.78, 5) is 12.6. The molecule has 0 saturated carbocycles. The number of anilines is 2. The minimum atomic E-state index is -3.93.